The molecule has 0 unspecified atom stereocenters. The van der Waals surface area contributed by atoms with Crippen LogP contribution in [0, 0.1) is 6.92 Å². The van der Waals surface area contributed by atoms with Gasteiger partial charge in [-0.3, -0.25) is 4.79 Å². The second-order valence-electron chi connectivity index (χ2n) is 6.25. The van der Waals surface area contributed by atoms with Gasteiger partial charge in [-0.2, -0.15) is 0 Å². The van der Waals surface area contributed by atoms with Crippen LogP contribution >= 0.6 is 11.3 Å². The van der Waals surface area contributed by atoms with E-state index >= 15 is 0 Å². The van der Waals surface area contributed by atoms with E-state index in [4.69, 9.17) is 9.47 Å². The number of carbonyl (C=O) groups is 1. The van der Waals surface area contributed by atoms with Crippen LogP contribution in [0.2, 0.25) is 0 Å². The smallest absolute Gasteiger partial charge is 0.253 e. The molecule has 2 aromatic rings. The lowest BCUT2D eigenvalue weighted by atomic mass is 9.97. The number of benzene rings is 1. The summed E-state index contributed by atoms with van der Waals surface area (Å²) in [5.41, 5.74) is 1.76. The summed E-state index contributed by atoms with van der Waals surface area (Å²) in [6, 6.07) is 5.45. The molecule has 1 fully saturated rings. The predicted molar refractivity (Wildman–Crippen MR) is 92.2 cm³/mol. The largest absolute Gasteiger partial charge is 0.486 e. The second kappa shape index (κ2) is 6.43. The molecule has 2 aliphatic heterocycles. The predicted octanol–water partition coefficient (Wildman–Crippen LogP) is 3.24. The van der Waals surface area contributed by atoms with Gasteiger partial charge in [-0.1, -0.05) is 0 Å². The molecule has 0 bridgehead atoms. The average molecular weight is 344 g/mol. The molecule has 0 N–H and O–H groups in total. The normalized spacial score (nSPS) is 17.8. The van der Waals surface area contributed by atoms with Gasteiger partial charge in [-0.05, 0) is 38.0 Å². The maximum Gasteiger partial charge on any atom is 0.253 e. The van der Waals surface area contributed by atoms with Crippen LogP contribution in [0.15, 0.2) is 23.6 Å². The number of fused-ring (bicyclic) bond motifs is 1. The molecule has 24 heavy (non-hydrogen) atoms. The fourth-order valence-electron chi connectivity index (χ4n) is 3.25. The number of aromatic nitrogens is 1. The monoisotopic (exact) mass is 344 g/mol. The highest BCUT2D eigenvalue weighted by Gasteiger charge is 2.27. The summed E-state index contributed by atoms with van der Waals surface area (Å²) in [4.78, 5) is 19.3. The first kappa shape index (κ1) is 15.4. The third-order valence-electron chi connectivity index (χ3n) is 4.56. The van der Waals surface area contributed by atoms with Crippen molar-refractivity contribution in [2.45, 2.75) is 25.7 Å². The molecule has 6 heteroatoms. The Balaban J connectivity index is 1.43. The van der Waals surface area contributed by atoms with Crippen LogP contribution in [0.1, 0.15) is 39.8 Å². The van der Waals surface area contributed by atoms with Crippen LogP contribution in [0.25, 0.3) is 0 Å². The average Bonchev–Trinajstić information content (AvgIpc) is 3.07. The summed E-state index contributed by atoms with van der Waals surface area (Å²) >= 11 is 1.73. The van der Waals surface area contributed by atoms with Gasteiger partial charge in [0, 0.05) is 35.6 Å². The van der Waals surface area contributed by atoms with Crippen LogP contribution in [-0.4, -0.2) is 42.1 Å². The molecule has 0 saturated carbocycles. The maximum absolute atomic E-state index is 12.7. The van der Waals surface area contributed by atoms with Crippen molar-refractivity contribution in [1.82, 2.24) is 9.88 Å². The van der Waals surface area contributed by atoms with Crippen molar-refractivity contribution in [2.75, 3.05) is 26.3 Å². The van der Waals surface area contributed by atoms with Crippen LogP contribution < -0.4 is 9.47 Å². The highest BCUT2D eigenvalue weighted by atomic mass is 32.1. The van der Waals surface area contributed by atoms with Gasteiger partial charge >= 0.3 is 0 Å². The number of piperidine rings is 1. The van der Waals surface area contributed by atoms with E-state index in [1.807, 2.05) is 24.0 Å². The Morgan fingerprint density at radius 2 is 1.96 bits per heavy atom. The number of likely N-dealkylation sites (tertiary alicyclic amines) is 1. The minimum Gasteiger partial charge on any atom is -0.486 e. The molecule has 1 aromatic heterocycles. The number of carbonyl (C=O) groups excluding carboxylic acids is 1. The number of hydrogen-bond donors (Lipinski definition) is 0. The molecule has 1 amide bonds. The maximum atomic E-state index is 12.7. The number of hydrogen-bond acceptors (Lipinski definition) is 5. The Hall–Kier alpha value is -2.08. The van der Waals surface area contributed by atoms with E-state index in [0.29, 0.717) is 30.4 Å². The van der Waals surface area contributed by atoms with Gasteiger partial charge in [0.2, 0.25) is 0 Å². The van der Waals surface area contributed by atoms with E-state index in [9.17, 15) is 4.79 Å². The Morgan fingerprint density at radius 3 is 2.67 bits per heavy atom. The highest BCUT2D eigenvalue weighted by Crippen LogP contribution is 2.33. The number of ether oxygens (including phenoxy) is 2. The Kier molecular flexibility index (Phi) is 4.14. The molecule has 2 aliphatic rings. The third kappa shape index (κ3) is 2.98. The van der Waals surface area contributed by atoms with Gasteiger partial charge in [-0.25, -0.2) is 4.98 Å². The van der Waals surface area contributed by atoms with E-state index in [1.54, 1.807) is 17.4 Å². The first-order valence-electron chi connectivity index (χ1n) is 8.31. The second-order valence-corrected chi connectivity index (χ2v) is 7.14. The van der Waals surface area contributed by atoms with Crippen LogP contribution in [0.3, 0.4) is 0 Å². The van der Waals surface area contributed by atoms with E-state index < -0.39 is 0 Å². The number of rotatable bonds is 2. The molecule has 0 atom stereocenters. The quantitative estimate of drug-likeness (QED) is 0.839. The van der Waals surface area contributed by atoms with Crippen molar-refractivity contribution < 1.29 is 14.3 Å². The molecular weight excluding hydrogens is 324 g/mol. The molecule has 4 rings (SSSR count). The highest BCUT2D eigenvalue weighted by molar-refractivity contribution is 7.09. The van der Waals surface area contributed by atoms with E-state index in [2.05, 4.69) is 10.4 Å². The van der Waals surface area contributed by atoms with Gasteiger partial charge in [0.1, 0.15) is 13.2 Å². The van der Waals surface area contributed by atoms with Gasteiger partial charge < -0.3 is 14.4 Å². The SMILES string of the molecule is Cc1csc(C2CCN(C(=O)c3ccc4c(c3)OCCO4)CC2)n1. The van der Waals surface area contributed by atoms with Gasteiger partial charge in [0.15, 0.2) is 11.5 Å². The van der Waals surface area contributed by atoms with Crippen LogP contribution in [0.4, 0.5) is 0 Å². The molecule has 1 aromatic carbocycles. The molecule has 0 spiro atoms. The van der Waals surface area contributed by atoms with Gasteiger partial charge in [0.05, 0.1) is 5.01 Å². The van der Waals surface area contributed by atoms with Gasteiger partial charge in [-0.15, -0.1) is 11.3 Å². The summed E-state index contributed by atoms with van der Waals surface area (Å²) in [6.45, 7) is 4.67. The van der Waals surface area contributed by atoms with Crippen molar-refractivity contribution in [3.8, 4) is 11.5 Å². The van der Waals surface area contributed by atoms with Crippen molar-refractivity contribution in [2.24, 2.45) is 0 Å². The first-order chi connectivity index (χ1) is 11.7. The summed E-state index contributed by atoms with van der Waals surface area (Å²) < 4.78 is 11.1. The van der Waals surface area contributed by atoms with E-state index in [0.717, 1.165) is 37.4 Å². The Labute approximate surface area is 145 Å². The standard InChI is InChI=1S/C18H20N2O3S/c1-12-11-24-17(19-12)13-4-6-20(7-5-13)18(21)14-2-3-15-16(10-14)23-9-8-22-15/h2-3,10-11,13H,4-9H2,1H3. The summed E-state index contributed by atoms with van der Waals surface area (Å²) in [6.07, 6.45) is 1.95. The van der Waals surface area contributed by atoms with Crippen molar-refractivity contribution in [3.05, 3.63) is 39.8 Å². The third-order valence-corrected chi connectivity index (χ3v) is 5.68. The van der Waals surface area contributed by atoms with E-state index in [-0.39, 0.29) is 5.91 Å². The zero-order chi connectivity index (χ0) is 16.5. The minimum absolute atomic E-state index is 0.0701. The molecule has 0 aliphatic carbocycles. The lowest BCUT2D eigenvalue weighted by Gasteiger charge is -2.31. The number of amides is 1. The summed E-state index contributed by atoms with van der Waals surface area (Å²) in [7, 11) is 0. The topological polar surface area (TPSA) is 51.7 Å². The van der Waals surface area contributed by atoms with Crippen LogP contribution in [0.5, 0.6) is 11.5 Å². The molecule has 0 radical (unpaired) electrons. The molecule has 126 valence electrons. The zero-order valence-corrected chi connectivity index (χ0v) is 14.5. The Bertz CT molecular complexity index is 750. The molecule has 5 nitrogen and oxygen atoms in total. The summed E-state index contributed by atoms with van der Waals surface area (Å²) in [5.74, 6) is 1.93. The number of nitrogens with zero attached hydrogens (tertiary/aromatic N) is 2. The molecule has 1 saturated heterocycles. The lowest BCUT2D eigenvalue weighted by molar-refractivity contribution is 0.0712. The molecule has 3 heterocycles. The van der Waals surface area contributed by atoms with E-state index in [1.165, 1.54) is 5.01 Å². The first-order valence-corrected chi connectivity index (χ1v) is 9.19. The van der Waals surface area contributed by atoms with Crippen molar-refractivity contribution in [1.29, 1.82) is 0 Å². The van der Waals surface area contributed by atoms with Crippen molar-refractivity contribution >= 4 is 17.2 Å². The van der Waals surface area contributed by atoms with Gasteiger partial charge in [0.25, 0.3) is 5.91 Å². The number of aryl methyl sites for hydroxylation is 1. The number of thiazole rings is 1. The molecular formula is C18H20N2O3S. The summed E-state index contributed by atoms with van der Waals surface area (Å²) in [5, 5.41) is 3.31. The van der Waals surface area contributed by atoms with Crippen molar-refractivity contribution in [3.63, 3.8) is 0 Å². The fraction of sp³-hybridized carbons (Fsp3) is 0.444. The lowest BCUT2D eigenvalue weighted by Crippen LogP contribution is -2.38. The minimum atomic E-state index is 0.0701. The van der Waals surface area contributed by atoms with Crippen LogP contribution in [-0.2, 0) is 0 Å². The Morgan fingerprint density at radius 1 is 1.21 bits per heavy atom. The fourth-order valence-corrected chi connectivity index (χ4v) is 4.22. The zero-order valence-electron chi connectivity index (χ0n) is 13.7.